The lowest BCUT2D eigenvalue weighted by atomic mass is 9.84. The minimum absolute atomic E-state index is 0.0676. The molecule has 0 amide bonds. The van der Waals surface area contributed by atoms with Crippen molar-refractivity contribution < 1.29 is 14.3 Å². The van der Waals surface area contributed by atoms with Crippen molar-refractivity contribution in [1.29, 1.82) is 0 Å². The molecular weight excluding hydrogens is 394 g/mol. The Morgan fingerprint density at radius 3 is 2.58 bits per heavy atom. The first-order valence-corrected chi connectivity index (χ1v) is 9.95. The van der Waals surface area contributed by atoms with E-state index in [9.17, 15) is 9.59 Å². The van der Waals surface area contributed by atoms with Gasteiger partial charge < -0.3 is 19.8 Å². The summed E-state index contributed by atoms with van der Waals surface area (Å²) in [6, 6.07) is 15.3. The van der Waals surface area contributed by atoms with Crippen molar-refractivity contribution in [2.75, 3.05) is 7.11 Å². The molecule has 0 bridgehead atoms. The first-order valence-electron chi connectivity index (χ1n) is 9.95. The molecule has 31 heavy (non-hydrogen) atoms. The molecular formula is C24H23N3O4. The number of benzene rings is 1. The van der Waals surface area contributed by atoms with Gasteiger partial charge in [-0.3, -0.25) is 9.78 Å². The van der Waals surface area contributed by atoms with E-state index in [1.165, 1.54) is 7.11 Å². The van der Waals surface area contributed by atoms with E-state index in [0.29, 0.717) is 29.8 Å². The van der Waals surface area contributed by atoms with Crippen LogP contribution in [0.25, 0.3) is 0 Å². The highest BCUT2D eigenvalue weighted by molar-refractivity contribution is 5.92. The average molecular weight is 417 g/mol. The zero-order valence-electron chi connectivity index (χ0n) is 17.4. The van der Waals surface area contributed by atoms with Crippen LogP contribution in [0.4, 0.5) is 0 Å². The average Bonchev–Trinajstić information content (AvgIpc) is 2.78. The third-order valence-corrected chi connectivity index (χ3v) is 5.48. The number of pyridine rings is 2. The summed E-state index contributed by atoms with van der Waals surface area (Å²) in [5.74, 6) is -1.07. The summed E-state index contributed by atoms with van der Waals surface area (Å²) >= 11 is 0. The largest absolute Gasteiger partial charge is 0.465 e. The monoisotopic (exact) mass is 417 g/mol. The highest BCUT2D eigenvalue weighted by Gasteiger charge is 2.38. The minimum atomic E-state index is -0.713. The highest BCUT2D eigenvalue weighted by Crippen LogP contribution is 2.41. The van der Waals surface area contributed by atoms with Crippen LogP contribution in [0, 0.1) is 6.92 Å². The number of nitrogens with zero attached hydrogens (tertiary/aromatic N) is 2. The van der Waals surface area contributed by atoms with Crippen LogP contribution in [-0.2, 0) is 22.5 Å². The zero-order valence-corrected chi connectivity index (χ0v) is 17.4. The fourth-order valence-electron chi connectivity index (χ4n) is 3.95. The Balaban J connectivity index is 1.85. The molecule has 158 valence electrons. The lowest BCUT2D eigenvalue weighted by Gasteiger charge is -2.28. The molecule has 3 heterocycles. The number of fused-ring (bicyclic) bond motifs is 1. The molecule has 1 aromatic carbocycles. The molecule has 2 aromatic heterocycles. The van der Waals surface area contributed by atoms with E-state index in [4.69, 9.17) is 15.2 Å². The van der Waals surface area contributed by atoms with E-state index in [1.807, 2.05) is 37.3 Å². The number of carbonyl (C=O) groups excluding carboxylic acids is 1. The predicted octanol–water partition coefficient (Wildman–Crippen LogP) is 2.66. The van der Waals surface area contributed by atoms with Gasteiger partial charge in [-0.1, -0.05) is 30.3 Å². The molecule has 0 saturated heterocycles. The number of rotatable bonds is 5. The molecule has 0 aliphatic carbocycles. The Bertz CT molecular complexity index is 1200. The number of carbonyl (C=O) groups is 1. The smallest absolute Gasteiger partial charge is 0.340 e. The number of aryl methyl sites for hydroxylation is 2. The standard InChI is InChI=1S/C24H23N3O4/c1-15-14-18-20(23(28)27(15)13-10-16-6-4-3-5-7-16)19(17-8-11-26-12-9-17)21(22(25)31-18)24(29)30-2/h3-9,11-12,14,19H,10,13,25H2,1-2H3/t19-/m1/s1. The Labute approximate surface area is 179 Å². The maximum absolute atomic E-state index is 13.7. The van der Waals surface area contributed by atoms with Gasteiger partial charge in [0, 0.05) is 30.7 Å². The summed E-state index contributed by atoms with van der Waals surface area (Å²) < 4.78 is 12.4. The van der Waals surface area contributed by atoms with Crippen LogP contribution in [0.5, 0.6) is 5.75 Å². The number of ether oxygens (including phenoxy) is 2. The van der Waals surface area contributed by atoms with Gasteiger partial charge in [0.05, 0.1) is 18.6 Å². The van der Waals surface area contributed by atoms with E-state index in [-0.39, 0.29) is 17.0 Å². The van der Waals surface area contributed by atoms with E-state index in [1.54, 1.807) is 35.2 Å². The van der Waals surface area contributed by atoms with Gasteiger partial charge >= 0.3 is 5.97 Å². The van der Waals surface area contributed by atoms with Gasteiger partial charge in [0.25, 0.3) is 5.56 Å². The highest BCUT2D eigenvalue weighted by atomic mass is 16.5. The van der Waals surface area contributed by atoms with Crippen molar-refractivity contribution in [3.8, 4) is 5.75 Å². The third-order valence-electron chi connectivity index (χ3n) is 5.48. The predicted molar refractivity (Wildman–Crippen MR) is 116 cm³/mol. The van der Waals surface area contributed by atoms with Crippen LogP contribution >= 0.6 is 0 Å². The Morgan fingerprint density at radius 2 is 1.90 bits per heavy atom. The van der Waals surface area contributed by atoms with Crippen molar-refractivity contribution in [2.24, 2.45) is 5.73 Å². The van der Waals surface area contributed by atoms with E-state index in [2.05, 4.69) is 4.98 Å². The SMILES string of the molecule is COC(=O)C1=C(N)Oc2cc(C)n(CCc3ccccc3)c(=O)c2[C@H]1c1ccncc1. The van der Waals surface area contributed by atoms with Crippen LogP contribution in [0.15, 0.2) is 77.2 Å². The number of hydrogen-bond acceptors (Lipinski definition) is 6. The molecule has 7 heteroatoms. The maximum Gasteiger partial charge on any atom is 0.340 e. The molecule has 0 unspecified atom stereocenters. The molecule has 0 fully saturated rings. The molecule has 1 aliphatic heterocycles. The quantitative estimate of drug-likeness (QED) is 0.641. The normalized spacial score (nSPS) is 15.2. The molecule has 0 saturated carbocycles. The van der Waals surface area contributed by atoms with E-state index >= 15 is 0 Å². The maximum atomic E-state index is 13.7. The Morgan fingerprint density at radius 1 is 1.19 bits per heavy atom. The number of aromatic nitrogens is 2. The van der Waals surface area contributed by atoms with Crippen LogP contribution in [0.1, 0.15) is 28.3 Å². The minimum Gasteiger partial charge on any atom is -0.465 e. The number of methoxy groups -OCH3 is 1. The summed E-state index contributed by atoms with van der Waals surface area (Å²) in [6.07, 6.45) is 3.92. The second-order valence-electron chi connectivity index (χ2n) is 7.34. The lowest BCUT2D eigenvalue weighted by Crippen LogP contribution is -2.35. The van der Waals surface area contributed by atoms with Crippen LogP contribution in [0.3, 0.4) is 0 Å². The fourth-order valence-corrected chi connectivity index (χ4v) is 3.95. The number of hydrogen-bond donors (Lipinski definition) is 1. The fraction of sp³-hybridized carbons (Fsp3) is 0.208. The summed E-state index contributed by atoms with van der Waals surface area (Å²) in [4.78, 5) is 30.3. The van der Waals surface area contributed by atoms with Gasteiger partial charge in [0.2, 0.25) is 5.88 Å². The van der Waals surface area contributed by atoms with Gasteiger partial charge in [-0.05, 0) is 36.6 Å². The van der Waals surface area contributed by atoms with Crippen LogP contribution in [-0.4, -0.2) is 22.6 Å². The van der Waals surface area contributed by atoms with Crippen molar-refractivity contribution in [2.45, 2.75) is 25.8 Å². The molecule has 2 N–H and O–H groups in total. The summed E-state index contributed by atoms with van der Waals surface area (Å²) in [5.41, 5.74) is 8.94. The van der Waals surface area contributed by atoms with Crippen molar-refractivity contribution in [3.63, 3.8) is 0 Å². The first kappa shape index (κ1) is 20.4. The number of nitrogens with two attached hydrogens (primary N) is 1. The molecule has 0 spiro atoms. The van der Waals surface area contributed by atoms with Crippen molar-refractivity contribution >= 4 is 5.97 Å². The molecule has 1 aliphatic rings. The molecule has 4 rings (SSSR count). The van der Waals surface area contributed by atoms with Gasteiger partial charge in [0.1, 0.15) is 11.3 Å². The van der Waals surface area contributed by atoms with Gasteiger partial charge in [-0.15, -0.1) is 0 Å². The summed E-state index contributed by atoms with van der Waals surface area (Å²) in [7, 11) is 1.27. The van der Waals surface area contributed by atoms with E-state index < -0.39 is 11.9 Å². The first-order chi connectivity index (χ1) is 15.0. The number of esters is 1. The summed E-state index contributed by atoms with van der Waals surface area (Å²) in [5, 5.41) is 0. The molecule has 1 atom stereocenters. The third kappa shape index (κ3) is 3.82. The second-order valence-corrected chi connectivity index (χ2v) is 7.34. The second kappa shape index (κ2) is 8.47. The van der Waals surface area contributed by atoms with E-state index in [0.717, 1.165) is 11.3 Å². The van der Waals surface area contributed by atoms with Crippen molar-refractivity contribution in [3.05, 3.63) is 105 Å². The lowest BCUT2D eigenvalue weighted by molar-refractivity contribution is -0.136. The molecule has 3 aromatic rings. The van der Waals surface area contributed by atoms with Crippen molar-refractivity contribution in [1.82, 2.24) is 9.55 Å². The summed E-state index contributed by atoms with van der Waals surface area (Å²) in [6.45, 7) is 2.35. The Kier molecular flexibility index (Phi) is 5.58. The molecule has 0 radical (unpaired) electrons. The topological polar surface area (TPSA) is 96.4 Å². The Hall–Kier alpha value is -3.87. The molecule has 7 nitrogen and oxygen atoms in total. The van der Waals surface area contributed by atoms with Gasteiger partial charge in [-0.2, -0.15) is 0 Å². The van der Waals surface area contributed by atoms with Gasteiger partial charge in [-0.25, -0.2) is 4.79 Å². The zero-order chi connectivity index (χ0) is 22.0. The van der Waals surface area contributed by atoms with Crippen LogP contribution in [0.2, 0.25) is 0 Å². The van der Waals surface area contributed by atoms with Gasteiger partial charge in [0.15, 0.2) is 0 Å². The van der Waals surface area contributed by atoms with Crippen LogP contribution < -0.4 is 16.0 Å².